The summed E-state index contributed by atoms with van der Waals surface area (Å²) in [6.45, 7) is 2.12. The number of carboxylic acids is 1. The van der Waals surface area contributed by atoms with Gasteiger partial charge in [0.25, 0.3) is 5.97 Å². The minimum absolute atomic E-state index is 0.132. The summed E-state index contributed by atoms with van der Waals surface area (Å²) in [6.07, 6.45) is 4.81. The van der Waals surface area contributed by atoms with Crippen molar-refractivity contribution in [3.05, 3.63) is 0 Å². The minimum atomic E-state index is -0.833. The van der Waals surface area contributed by atoms with Crippen LogP contribution < -0.4 is 0 Å². The van der Waals surface area contributed by atoms with E-state index in [1.54, 1.807) is 0 Å². The highest BCUT2D eigenvalue weighted by Gasteiger charge is 2.09. The Morgan fingerprint density at radius 3 is 2.62 bits per heavy atom. The molecule has 1 heterocycles. The first kappa shape index (κ1) is 12.4. The van der Waals surface area contributed by atoms with E-state index in [-0.39, 0.29) is 12.7 Å². The molecule has 1 rings (SSSR count). The number of aliphatic hydroxyl groups excluding tert-OH is 1. The van der Waals surface area contributed by atoms with Gasteiger partial charge in [0.05, 0.1) is 12.7 Å². The molecule has 2 N–H and O–H groups in total. The normalized spacial score (nSPS) is 22.5. The van der Waals surface area contributed by atoms with Crippen molar-refractivity contribution in [2.75, 3.05) is 13.2 Å². The van der Waals surface area contributed by atoms with Crippen LogP contribution in [0.5, 0.6) is 0 Å². The molecule has 1 aliphatic rings. The highest BCUT2D eigenvalue weighted by atomic mass is 16.5. The van der Waals surface area contributed by atoms with Gasteiger partial charge in [-0.05, 0) is 12.8 Å². The number of aliphatic hydroxyl groups is 1. The van der Waals surface area contributed by atoms with Crippen LogP contribution in [0.1, 0.15) is 32.6 Å². The molecule has 4 heteroatoms. The summed E-state index contributed by atoms with van der Waals surface area (Å²) < 4.78 is 5.30. The maximum Gasteiger partial charge on any atom is 0.300 e. The summed E-state index contributed by atoms with van der Waals surface area (Å²) in [4.78, 5) is 9.00. The van der Waals surface area contributed by atoms with Gasteiger partial charge in [-0.25, -0.2) is 0 Å². The van der Waals surface area contributed by atoms with Gasteiger partial charge in [0.15, 0.2) is 0 Å². The lowest BCUT2D eigenvalue weighted by Gasteiger charge is -2.09. The van der Waals surface area contributed by atoms with Gasteiger partial charge in [0.1, 0.15) is 0 Å². The number of ether oxygens (including phenoxy) is 1. The van der Waals surface area contributed by atoms with Crippen LogP contribution in [0.4, 0.5) is 0 Å². The van der Waals surface area contributed by atoms with Crippen molar-refractivity contribution in [2.24, 2.45) is 0 Å². The van der Waals surface area contributed by atoms with Gasteiger partial charge < -0.3 is 14.9 Å². The summed E-state index contributed by atoms with van der Waals surface area (Å²) in [5.74, 6) is -0.833. The molecule has 0 radical (unpaired) electrons. The van der Waals surface area contributed by atoms with E-state index in [4.69, 9.17) is 19.7 Å². The van der Waals surface area contributed by atoms with Crippen LogP contribution in [-0.2, 0) is 9.53 Å². The molecule has 0 aromatic heterocycles. The van der Waals surface area contributed by atoms with Crippen LogP contribution >= 0.6 is 0 Å². The third-order valence-corrected chi connectivity index (χ3v) is 1.73. The SMILES string of the molecule is CC(=O)O.OCC1CCCCCO1. The molecule has 1 fully saturated rings. The largest absolute Gasteiger partial charge is 0.481 e. The zero-order valence-corrected chi connectivity index (χ0v) is 8.03. The highest BCUT2D eigenvalue weighted by Crippen LogP contribution is 2.11. The van der Waals surface area contributed by atoms with Crippen molar-refractivity contribution in [3.8, 4) is 0 Å². The van der Waals surface area contributed by atoms with Gasteiger partial charge in [0.2, 0.25) is 0 Å². The standard InChI is InChI=1S/C7H14O2.C2H4O2/c8-6-7-4-2-1-3-5-9-7;1-2(3)4/h7-8H,1-6H2;1H3,(H,3,4). The average Bonchev–Trinajstić information content (AvgIpc) is 2.30. The molecule has 0 aliphatic carbocycles. The number of carboxylic acid groups (broad SMARTS) is 1. The van der Waals surface area contributed by atoms with Gasteiger partial charge in [0, 0.05) is 13.5 Å². The Balaban J connectivity index is 0.000000310. The fourth-order valence-corrected chi connectivity index (χ4v) is 1.13. The molecular formula is C9H18O4. The van der Waals surface area contributed by atoms with Crippen molar-refractivity contribution in [1.29, 1.82) is 0 Å². The lowest BCUT2D eigenvalue weighted by atomic mass is 10.1. The second-order valence-corrected chi connectivity index (χ2v) is 3.04. The smallest absolute Gasteiger partial charge is 0.300 e. The molecule has 1 aliphatic heterocycles. The van der Waals surface area contributed by atoms with Crippen molar-refractivity contribution >= 4 is 5.97 Å². The van der Waals surface area contributed by atoms with Crippen LogP contribution in [0.2, 0.25) is 0 Å². The predicted octanol–water partition coefficient (Wildman–Crippen LogP) is 1.03. The first-order valence-electron chi connectivity index (χ1n) is 4.58. The third-order valence-electron chi connectivity index (χ3n) is 1.73. The Labute approximate surface area is 78.5 Å². The molecule has 0 spiro atoms. The molecule has 0 aromatic carbocycles. The highest BCUT2D eigenvalue weighted by molar-refractivity contribution is 5.62. The van der Waals surface area contributed by atoms with E-state index >= 15 is 0 Å². The minimum Gasteiger partial charge on any atom is -0.481 e. The molecule has 0 bridgehead atoms. The van der Waals surface area contributed by atoms with E-state index in [1.807, 2.05) is 0 Å². The Bertz CT molecular complexity index is 124. The van der Waals surface area contributed by atoms with Crippen LogP contribution in [0.3, 0.4) is 0 Å². The summed E-state index contributed by atoms with van der Waals surface area (Å²) in [7, 11) is 0. The zero-order valence-electron chi connectivity index (χ0n) is 8.03. The second kappa shape index (κ2) is 8.01. The van der Waals surface area contributed by atoms with Crippen LogP contribution in [0.25, 0.3) is 0 Å². The van der Waals surface area contributed by atoms with Crippen molar-refractivity contribution in [1.82, 2.24) is 0 Å². The van der Waals surface area contributed by atoms with Crippen LogP contribution in [0, 0.1) is 0 Å². The molecule has 0 saturated carbocycles. The van der Waals surface area contributed by atoms with E-state index in [2.05, 4.69) is 0 Å². The molecule has 0 aromatic rings. The maximum atomic E-state index is 9.00. The maximum absolute atomic E-state index is 9.00. The first-order valence-corrected chi connectivity index (χ1v) is 4.58. The Morgan fingerprint density at radius 1 is 1.46 bits per heavy atom. The van der Waals surface area contributed by atoms with E-state index in [0.717, 1.165) is 26.4 Å². The summed E-state index contributed by atoms with van der Waals surface area (Å²) in [5.41, 5.74) is 0. The number of carbonyl (C=O) groups is 1. The number of hydrogen-bond acceptors (Lipinski definition) is 3. The molecule has 78 valence electrons. The molecule has 13 heavy (non-hydrogen) atoms. The molecule has 0 amide bonds. The predicted molar refractivity (Wildman–Crippen MR) is 48.6 cm³/mol. The molecule has 4 nitrogen and oxygen atoms in total. The van der Waals surface area contributed by atoms with Crippen molar-refractivity contribution < 1.29 is 19.7 Å². The van der Waals surface area contributed by atoms with Crippen LogP contribution in [0.15, 0.2) is 0 Å². The summed E-state index contributed by atoms with van der Waals surface area (Å²) in [5, 5.41) is 16.1. The molecule has 1 unspecified atom stereocenters. The summed E-state index contributed by atoms with van der Waals surface area (Å²) >= 11 is 0. The Morgan fingerprint density at radius 2 is 2.08 bits per heavy atom. The fourth-order valence-electron chi connectivity index (χ4n) is 1.13. The van der Waals surface area contributed by atoms with Gasteiger partial charge in [-0.3, -0.25) is 4.79 Å². The average molecular weight is 190 g/mol. The lowest BCUT2D eigenvalue weighted by Crippen LogP contribution is -2.15. The second-order valence-electron chi connectivity index (χ2n) is 3.04. The van der Waals surface area contributed by atoms with E-state index in [9.17, 15) is 0 Å². The molecule has 1 atom stereocenters. The fraction of sp³-hybridized carbons (Fsp3) is 0.889. The van der Waals surface area contributed by atoms with E-state index < -0.39 is 5.97 Å². The number of aliphatic carboxylic acids is 1. The number of hydrogen-bond donors (Lipinski definition) is 2. The van der Waals surface area contributed by atoms with E-state index in [1.165, 1.54) is 12.8 Å². The first-order chi connectivity index (χ1) is 6.16. The van der Waals surface area contributed by atoms with Gasteiger partial charge in [-0.1, -0.05) is 12.8 Å². The monoisotopic (exact) mass is 190 g/mol. The topological polar surface area (TPSA) is 66.8 Å². The van der Waals surface area contributed by atoms with Gasteiger partial charge in [-0.2, -0.15) is 0 Å². The van der Waals surface area contributed by atoms with Gasteiger partial charge >= 0.3 is 0 Å². The van der Waals surface area contributed by atoms with Crippen molar-refractivity contribution in [2.45, 2.75) is 38.7 Å². The van der Waals surface area contributed by atoms with Gasteiger partial charge in [-0.15, -0.1) is 0 Å². The summed E-state index contributed by atoms with van der Waals surface area (Å²) in [6, 6.07) is 0. The third kappa shape index (κ3) is 9.30. The quantitative estimate of drug-likeness (QED) is 0.648. The zero-order chi connectivity index (χ0) is 10.1. The van der Waals surface area contributed by atoms with Crippen molar-refractivity contribution in [3.63, 3.8) is 0 Å². The van der Waals surface area contributed by atoms with Crippen LogP contribution in [-0.4, -0.2) is 35.5 Å². The molecule has 1 saturated heterocycles. The Kier molecular flexibility index (Phi) is 7.63. The number of rotatable bonds is 1. The molecular weight excluding hydrogens is 172 g/mol. The van der Waals surface area contributed by atoms with E-state index in [0.29, 0.717) is 0 Å². The lowest BCUT2D eigenvalue weighted by molar-refractivity contribution is -0.134. The Hall–Kier alpha value is -0.610.